The number of rotatable bonds is 0. The van der Waals surface area contributed by atoms with Crippen LogP contribution in [0.2, 0.25) is 0 Å². The maximum atomic E-state index is 5.66. The Balaban J connectivity index is 2.17. The summed E-state index contributed by atoms with van der Waals surface area (Å²) in [5.74, 6) is 0.810. The quantitative estimate of drug-likeness (QED) is 0.622. The van der Waals surface area contributed by atoms with Crippen LogP contribution in [-0.4, -0.2) is 12.6 Å². The predicted octanol–water partition coefficient (Wildman–Crippen LogP) is 3.91. The van der Waals surface area contributed by atoms with Crippen molar-refractivity contribution in [3.63, 3.8) is 0 Å². The van der Waals surface area contributed by atoms with E-state index in [0.717, 1.165) is 11.5 Å². The minimum Gasteiger partial charge on any atom is -0.648 e. The maximum absolute atomic E-state index is 5.66. The Morgan fingerprint density at radius 2 is 2.20 bits per heavy atom. The third-order valence-corrected chi connectivity index (χ3v) is 3.58. The molecule has 0 aromatic carbocycles. The second kappa shape index (κ2) is 3.85. The molecule has 2 rings (SSSR count). The molecule has 1 atom stereocenters. The van der Waals surface area contributed by atoms with Crippen LogP contribution in [0.15, 0.2) is 33.3 Å². The van der Waals surface area contributed by atoms with E-state index in [-0.39, 0.29) is 11.5 Å². The van der Waals surface area contributed by atoms with Crippen LogP contribution in [0, 0.1) is 5.41 Å². The molecule has 1 fully saturated rings. The first-order valence-corrected chi connectivity index (χ1v) is 6.18. The summed E-state index contributed by atoms with van der Waals surface area (Å²) in [4.78, 5) is 0. The fourth-order valence-corrected chi connectivity index (χ4v) is 2.15. The molecule has 0 radical (unpaired) electrons. The van der Waals surface area contributed by atoms with Gasteiger partial charge < -0.3 is 10.1 Å². The number of ether oxygens (including phenoxy) is 1. The van der Waals surface area contributed by atoms with E-state index in [1.165, 1.54) is 3.58 Å². The van der Waals surface area contributed by atoms with Gasteiger partial charge in [-0.05, 0) is 34.1 Å². The largest absolute Gasteiger partial charge is 0.648 e. The molecule has 0 N–H and O–H groups in total. The average molecular weight is 316 g/mol. The second-order valence-corrected chi connectivity index (χ2v) is 6.08. The van der Waals surface area contributed by atoms with Crippen LogP contribution in [0.25, 0.3) is 5.32 Å². The van der Waals surface area contributed by atoms with Gasteiger partial charge in [0.15, 0.2) is 0 Å². The Morgan fingerprint density at radius 3 is 2.67 bits per heavy atom. The molecule has 1 unspecified atom stereocenters. The van der Waals surface area contributed by atoms with Crippen molar-refractivity contribution in [1.82, 2.24) is 0 Å². The minimum atomic E-state index is 0.180. The highest BCUT2D eigenvalue weighted by Crippen LogP contribution is 2.39. The van der Waals surface area contributed by atoms with E-state index in [4.69, 9.17) is 4.74 Å². The molecule has 2 nitrogen and oxygen atoms in total. The summed E-state index contributed by atoms with van der Waals surface area (Å²) in [7, 11) is 0. The molecule has 0 aromatic rings. The third-order valence-electron chi connectivity index (χ3n) is 2.64. The van der Waals surface area contributed by atoms with Gasteiger partial charge in [-0.25, -0.2) is 0 Å². The van der Waals surface area contributed by atoms with Gasteiger partial charge in [-0.3, -0.25) is 0 Å². The second-order valence-electron chi connectivity index (χ2n) is 4.91. The Hall–Kier alpha value is -0.450. The Labute approximate surface area is 105 Å². The van der Waals surface area contributed by atoms with E-state index in [1.54, 1.807) is 0 Å². The molecule has 82 valence electrons. The minimum absolute atomic E-state index is 0.180. The lowest BCUT2D eigenvalue weighted by atomic mass is 9.88. The summed E-state index contributed by atoms with van der Waals surface area (Å²) in [5.41, 5.74) is 1.31. The maximum Gasteiger partial charge on any atom is 0.0729 e. The average Bonchev–Trinajstić information content (AvgIpc) is 2.69. The lowest BCUT2D eigenvalue weighted by Crippen LogP contribution is -2.25. The zero-order valence-corrected chi connectivity index (χ0v) is 11.4. The SMILES string of the molecule is CC(C)(C)C1CO/C(=C2\C=CC=C2I)[N-]1. The Bertz CT molecular complexity index is 360. The van der Waals surface area contributed by atoms with E-state index in [0.29, 0.717) is 6.61 Å². The highest BCUT2D eigenvalue weighted by atomic mass is 127. The van der Waals surface area contributed by atoms with Crippen LogP contribution in [0.4, 0.5) is 0 Å². The number of hydrogen-bond donors (Lipinski definition) is 0. The molecular formula is C12H15INO-. The normalized spacial score (nSPS) is 30.1. The summed E-state index contributed by atoms with van der Waals surface area (Å²) in [6, 6.07) is 0.276. The first kappa shape index (κ1) is 11.0. The van der Waals surface area contributed by atoms with Crippen molar-refractivity contribution < 1.29 is 4.74 Å². The van der Waals surface area contributed by atoms with Crippen LogP contribution in [0.3, 0.4) is 0 Å². The monoisotopic (exact) mass is 316 g/mol. The molecule has 1 saturated heterocycles. The molecule has 2 aliphatic rings. The van der Waals surface area contributed by atoms with Gasteiger partial charge in [0.1, 0.15) is 0 Å². The van der Waals surface area contributed by atoms with Gasteiger partial charge in [0.25, 0.3) is 0 Å². The molecule has 0 aromatic heterocycles. The van der Waals surface area contributed by atoms with E-state index >= 15 is 0 Å². The molecule has 0 amide bonds. The number of nitrogens with zero attached hydrogens (tertiary/aromatic N) is 1. The van der Waals surface area contributed by atoms with Crippen molar-refractivity contribution >= 4 is 22.6 Å². The molecule has 15 heavy (non-hydrogen) atoms. The summed E-state index contributed by atoms with van der Waals surface area (Å²) < 4.78 is 6.87. The van der Waals surface area contributed by atoms with E-state index in [2.05, 4.69) is 60.8 Å². The summed E-state index contributed by atoms with van der Waals surface area (Å²) in [6.07, 6.45) is 6.17. The molecular weight excluding hydrogens is 301 g/mol. The van der Waals surface area contributed by atoms with Crippen LogP contribution in [0.5, 0.6) is 0 Å². The Morgan fingerprint density at radius 1 is 1.47 bits per heavy atom. The van der Waals surface area contributed by atoms with Gasteiger partial charge in [-0.15, -0.1) is 0 Å². The lowest BCUT2D eigenvalue weighted by molar-refractivity contribution is 0.216. The van der Waals surface area contributed by atoms with Crippen molar-refractivity contribution in [3.8, 4) is 0 Å². The van der Waals surface area contributed by atoms with E-state index in [1.807, 2.05) is 6.08 Å². The number of allylic oxidation sites excluding steroid dienone is 5. The highest BCUT2D eigenvalue weighted by molar-refractivity contribution is 14.1. The first-order valence-electron chi connectivity index (χ1n) is 5.10. The van der Waals surface area contributed by atoms with Gasteiger partial charge in [-0.2, -0.15) is 0 Å². The van der Waals surface area contributed by atoms with Crippen molar-refractivity contribution in [2.45, 2.75) is 26.8 Å². The first-order chi connectivity index (χ1) is 6.98. The molecule has 0 bridgehead atoms. The topological polar surface area (TPSA) is 23.3 Å². The van der Waals surface area contributed by atoms with Gasteiger partial charge in [0.05, 0.1) is 6.61 Å². The van der Waals surface area contributed by atoms with E-state index in [9.17, 15) is 0 Å². The molecule has 3 heteroatoms. The van der Waals surface area contributed by atoms with Crippen LogP contribution in [-0.2, 0) is 4.74 Å². The smallest absolute Gasteiger partial charge is 0.0729 e. The molecule has 1 aliphatic heterocycles. The van der Waals surface area contributed by atoms with Crippen molar-refractivity contribution in [3.05, 3.63) is 38.6 Å². The predicted molar refractivity (Wildman–Crippen MR) is 70.8 cm³/mol. The number of halogens is 1. The van der Waals surface area contributed by atoms with Gasteiger partial charge in [-0.1, -0.05) is 39.0 Å². The van der Waals surface area contributed by atoms with Gasteiger partial charge in [0, 0.05) is 15.0 Å². The fourth-order valence-electron chi connectivity index (χ4n) is 1.54. The lowest BCUT2D eigenvalue weighted by Gasteiger charge is -2.34. The fraction of sp³-hybridized carbons (Fsp3) is 0.500. The summed E-state index contributed by atoms with van der Waals surface area (Å²) >= 11 is 2.31. The summed E-state index contributed by atoms with van der Waals surface area (Å²) in [5, 5.41) is 4.65. The summed E-state index contributed by atoms with van der Waals surface area (Å²) in [6.45, 7) is 7.30. The standard InChI is InChI=1S/C12H15INO/c1-12(2,3)10-7-15-11(14-10)8-5-4-6-9(8)13/h4-6,10H,7H2,1-3H3/q-1/b11-8+. The Kier molecular flexibility index (Phi) is 2.83. The van der Waals surface area contributed by atoms with Crippen LogP contribution in [0.1, 0.15) is 20.8 Å². The zero-order valence-electron chi connectivity index (χ0n) is 9.25. The van der Waals surface area contributed by atoms with Gasteiger partial charge in [0.2, 0.25) is 0 Å². The zero-order chi connectivity index (χ0) is 11.1. The van der Waals surface area contributed by atoms with Crippen LogP contribution < -0.4 is 0 Å². The third kappa shape index (κ3) is 2.22. The van der Waals surface area contributed by atoms with Crippen molar-refractivity contribution in [1.29, 1.82) is 0 Å². The highest BCUT2D eigenvalue weighted by Gasteiger charge is 2.23. The molecule has 0 spiro atoms. The molecule has 1 aliphatic carbocycles. The molecule has 0 saturated carbocycles. The van der Waals surface area contributed by atoms with Gasteiger partial charge >= 0.3 is 0 Å². The van der Waals surface area contributed by atoms with E-state index < -0.39 is 0 Å². The van der Waals surface area contributed by atoms with Crippen molar-refractivity contribution in [2.24, 2.45) is 5.41 Å². The number of hydrogen-bond acceptors (Lipinski definition) is 1. The van der Waals surface area contributed by atoms with Crippen molar-refractivity contribution in [2.75, 3.05) is 6.61 Å². The van der Waals surface area contributed by atoms with Crippen LogP contribution >= 0.6 is 22.6 Å². The molecule has 1 heterocycles.